The Balaban J connectivity index is 2.15. The van der Waals surface area contributed by atoms with E-state index in [9.17, 15) is 22.8 Å². The summed E-state index contributed by atoms with van der Waals surface area (Å²) in [6.07, 6.45) is 6.76. The molecular weight excluding hydrogens is 359 g/mol. The van der Waals surface area contributed by atoms with Crippen molar-refractivity contribution in [1.82, 2.24) is 0 Å². The summed E-state index contributed by atoms with van der Waals surface area (Å²) in [7, 11) is 1.40. The zero-order chi connectivity index (χ0) is 20.1. The second-order valence-corrected chi connectivity index (χ2v) is 6.21. The number of nitrogens with one attached hydrogen (secondary N) is 1. The van der Waals surface area contributed by atoms with E-state index in [0.717, 1.165) is 50.5 Å². The molecule has 0 saturated heterocycles. The van der Waals surface area contributed by atoms with Gasteiger partial charge in [0.15, 0.2) is 0 Å². The minimum absolute atomic E-state index is 0.113. The first-order chi connectivity index (χ1) is 12.8. The van der Waals surface area contributed by atoms with Crippen LogP contribution in [0.3, 0.4) is 0 Å². The van der Waals surface area contributed by atoms with E-state index >= 15 is 0 Å². The summed E-state index contributed by atoms with van der Waals surface area (Å²) in [5.41, 5.74) is 0.976. The minimum atomic E-state index is -4.89. The highest BCUT2D eigenvalue weighted by atomic mass is 19.4. The number of unbranched alkanes of at least 4 members (excludes halogenated alkanes) is 6. The molecule has 0 aliphatic rings. The fourth-order valence-corrected chi connectivity index (χ4v) is 2.44. The number of carbonyl (C=O) groups is 2. The molecule has 0 fully saturated rings. The predicted octanol–water partition coefficient (Wildman–Crippen LogP) is 5.49. The summed E-state index contributed by atoms with van der Waals surface area (Å²) in [6, 6.07) is 6.20. The highest BCUT2D eigenvalue weighted by Crippen LogP contribution is 2.19. The van der Waals surface area contributed by atoms with E-state index in [2.05, 4.69) is 4.74 Å². The van der Waals surface area contributed by atoms with Gasteiger partial charge in [-0.3, -0.25) is 9.59 Å². The Kier molecular flexibility index (Phi) is 10.2. The SMILES string of the molecule is COC(=O)CCCCCCCC/C=C/c1ccc(NC(=O)C(F)(F)F)cc1. The van der Waals surface area contributed by atoms with Crippen LogP contribution in [0.2, 0.25) is 0 Å². The molecule has 1 aromatic carbocycles. The number of esters is 1. The number of amides is 1. The van der Waals surface area contributed by atoms with Crippen molar-refractivity contribution in [2.75, 3.05) is 12.4 Å². The van der Waals surface area contributed by atoms with Crippen LogP contribution in [0.4, 0.5) is 18.9 Å². The Bertz CT molecular complexity index is 610. The number of rotatable bonds is 11. The Hall–Kier alpha value is -2.31. The van der Waals surface area contributed by atoms with Gasteiger partial charge in [0.25, 0.3) is 0 Å². The zero-order valence-electron chi connectivity index (χ0n) is 15.5. The standard InChI is InChI=1S/C20H26F3NO3/c1-27-18(25)11-9-7-5-3-2-4-6-8-10-16-12-14-17(15-13-16)24-19(26)20(21,22)23/h8,10,12-15H,2-7,9,11H2,1H3,(H,24,26)/b10-8+. The molecule has 0 bridgehead atoms. The number of ether oxygens (including phenoxy) is 1. The first-order valence-electron chi connectivity index (χ1n) is 9.04. The van der Waals surface area contributed by atoms with E-state index in [1.807, 2.05) is 17.5 Å². The number of hydrogen-bond acceptors (Lipinski definition) is 3. The Morgan fingerprint density at radius 1 is 1.00 bits per heavy atom. The van der Waals surface area contributed by atoms with Crippen LogP contribution in [0.15, 0.2) is 30.3 Å². The molecule has 27 heavy (non-hydrogen) atoms. The number of carbonyl (C=O) groups excluding carboxylic acids is 2. The van der Waals surface area contributed by atoms with Gasteiger partial charge in [0.2, 0.25) is 0 Å². The fourth-order valence-electron chi connectivity index (χ4n) is 2.44. The molecule has 0 aliphatic heterocycles. The number of halogens is 3. The van der Waals surface area contributed by atoms with Crippen LogP contribution in [-0.4, -0.2) is 25.2 Å². The number of allylic oxidation sites excluding steroid dienone is 1. The average molecular weight is 385 g/mol. The van der Waals surface area contributed by atoms with Gasteiger partial charge >= 0.3 is 18.1 Å². The van der Waals surface area contributed by atoms with Crippen molar-refractivity contribution in [2.24, 2.45) is 0 Å². The molecular formula is C20H26F3NO3. The topological polar surface area (TPSA) is 55.4 Å². The van der Waals surface area contributed by atoms with Gasteiger partial charge in [0, 0.05) is 12.1 Å². The van der Waals surface area contributed by atoms with Crippen LogP contribution in [0.25, 0.3) is 6.08 Å². The largest absolute Gasteiger partial charge is 0.471 e. The third kappa shape index (κ3) is 10.4. The van der Waals surface area contributed by atoms with E-state index < -0.39 is 12.1 Å². The van der Waals surface area contributed by atoms with Crippen LogP contribution in [0, 0.1) is 0 Å². The van der Waals surface area contributed by atoms with Gasteiger partial charge in [0.05, 0.1) is 7.11 Å². The quantitative estimate of drug-likeness (QED) is 0.404. The van der Waals surface area contributed by atoms with Crippen molar-refractivity contribution < 1.29 is 27.5 Å². The summed E-state index contributed by atoms with van der Waals surface area (Å²) in [5.74, 6) is -2.13. The van der Waals surface area contributed by atoms with Crippen molar-refractivity contribution in [3.8, 4) is 0 Å². The smallest absolute Gasteiger partial charge is 0.469 e. The third-order valence-electron chi connectivity index (χ3n) is 3.97. The molecule has 0 saturated carbocycles. The maximum atomic E-state index is 12.2. The van der Waals surface area contributed by atoms with Crippen LogP contribution in [0.1, 0.15) is 56.9 Å². The molecule has 7 heteroatoms. The van der Waals surface area contributed by atoms with Gasteiger partial charge < -0.3 is 10.1 Å². The maximum Gasteiger partial charge on any atom is 0.471 e. The van der Waals surface area contributed by atoms with Crippen LogP contribution in [-0.2, 0) is 14.3 Å². The summed E-state index contributed by atoms with van der Waals surface area (Å²) in [4.78, 5) is 21.8. The predicted molar refractivity (Wildman–Crippen MR) is 99.1 cm³/mol. The van der Waals surface area contributed by atoms with Gasteiger partial charge in [-0.05, 0) is 37.0 Å². The van der Waals surface area contributed by atoms with E-state index in [4.69, 9.17) is 0 Å². The van der Waals surface area contributed by atoms with Crippen molar-refractivity contribution in [3.63, 3.8) is 0 Å². The van der Waals surface area contributed by atoms with Gasteiger partial charge in [-0.15, -0.1) is 0 Å². The van der Waals surface area contributed by atoms with Gasteiger partial charge in [-0.2, -0.15) is 13.2 Å². The van der Waals surface area contributed by atoms with Gasteiger partial charge in [0.1, 0.15) is 0 Å². The summed E-state index contributed by atoms with van der Waals surface area (Å²) < 4.78 is 41.1. The van der Waals surface area contributed by atoms with E-state index in [-0.39, 0.29) is 11.7 Å². The average Bonchev–Trinajstić information content (AvgIpc) is 2.63. The number of alkyl halides is 3. The molecule has 0 unspecified atom stereocenters. The molecule has 0 radical (unpaired) electrons. The Morgan fingerprint density at radius 3 is 2.19 bits per heavy atom. The monoisotopic (exact) mass is 385 g/mol. The molecule has 0 heterocycles. The lowest BCUT2D eigenvalue weighted by molar-refractivity contribution is -0.167. The second-order valence-electron chi connectivity index (χ2n) is 6.21. The summed E-state index contributed by atoms with van der Waals surface area (Å²) >= 11 is 0. The maximum absolute atomic E-state index is 12.2. The van der Waals surface area contributed by atoms with Crippen molar-refractivity contribution >= 4 is 23.6 Å². The number of methoxy groups -OCH3 is 1. The molecule has 150 valence electrons. The van der Waals surface area contributed by atoms with Gasteiger partial charge in [-0.1, -0.05) is 50.0 Å². The Morgan fingerprint density at radius 2 is 1.59 bits per heavy atom. The minimum Gasteiger partial charge on any atom is -0.469 e. The van der Waals surface area contributed by atoms with Crippen molar-refractivity contribution in [3.05, 3.63) is 35.9 Å². The molecule has 0 atom stereocenters. The molecule has 0 aromatic heterocycles. The van der Waals surface area contributed by atoms with E-state index in [1.165, 1.54) is 19.2 Å². The lowest BCUT2D eigenvalue weighted by atomic mass is 10.1. The molecule has 1 amide bonds. The number of hydrogen-bond donors (Lipinski definition) is 1. The summed E-state index contributed by atoms with van der Waals surface area (Å²) in [6.45, 7) is 0. The lowest BCUT2D eigenvalue weighted by Gasteiger charge is -2.07. The van der Waals surface area contributed by atoms with Gasteiger partial charge in [-0.25, -0.2) is 0 Å². The second kappa shape index (κ2) is 12.1. The molecule has 0 aliphatic carbocycles. The van der Waals surface area contributed by atoms with Crippen LogP contribution < -0.4 is 5.32 Å². The lowest BCUT2D eigenvalue weighted by Crippen LogP contribution is -2.29. The molecule has 1 rings (SSSR count). The van der Waals surface area contributed by atoms with Crippen LogP contribution >= 0.6 is 0 Å². The number of benzene rings is 1. The highest BCUT2D eigenvalue weighted by molar-refractivity contribution is 5.94. The molecule has 1 N–H and O–H groups in total. The molecule has 1 aromatic rings. The van der Waals surface area contributed by atoms with Crippen LogP contribution in [0.5, 0.6) is 0 Å². The van der Waals surface area contributed by atoms with Crippen molar-refractivity contribution in [2.45, 2.75) is 57.5 Å². The first kappa shape index (κ1) is 22.7. The first-order valence-corrected chi connectivity index (χ1v) is 9.04. The van der Waals surface area contributed by atoms with E-state index in [1.54, 1.807) is 12.1 Å². The van der Waals surface area contributed by atoms with E-state index in [0.29, 0.717) is 6.42 Å². The highest BCUT2D eigenvalue weighted by Gasteiger charge is 2.38. The fraction of sp³-hybridized carbons (Fsp3) is 0.500. The molecule has 0 spiro atoms. The Labute approximate surface area is 157 Å². The third-order valence-corrected chi connectivity index (χ3v) is 3.97. The number of anilines is 1. The zero-order valence-corrected chi connectivity index (χ0v) is 15.5. The molecule has 4 nitrogen and oxygen atoms in total. The van der Waals surface area contributed by atoms with Crippen molar-refractivity contribution in [1.29, 1.82) is 0 Å². The normalized spacial score (nSPS) is 11.6. The summed E-state index contributed by atoms with van der Waals surface area (Å²) in [5, 5.41) is 1.81.